The molecule has 1 heterocycles. The van der Waals surface area contributed by atoms with Gasteiger partial charge in [-0.25, -0.2) is 4.98 Å². The minimum atomic E-state index is 0.611. The second-order valence-electron chi connectivity index (χ2n) is 0.847. The van der Waals surface area contributed by atoms with Gasteiger partial charge in [-0.05, 0) is 11.5 Å². The van der Waals surface area contributed by atoms with Gasteiger partial charge in [-0.15, -0.1) is 0 Å². The molecule has 0 saturated carbocycles. The van der Waals surface area contributed by atoms with Crippen molar-refractivity contribution < 1.29 is 0 Å². The van der Waals surface area contributed by atoms with E-state index in [-0.39, 0.29) is 0 Å². The highest BCUT2D eigenvalue weighted by Gasteiger charge is 1.78. The van der Waals surface area contributed by atoms with Gasteiger partial charge in [-0.3, -0.25) is 0 Å². The van der Waals surface area contributed by atoms with Gasteiger partial charge in [0.25, 0.3) is 0 Å². The number of nitrogens with zero attached hydrogens (tertiary/aromatic N) is 2. The van der Waals surface area contributed by atoms with E-state index in [0.717, 1.165) is 0 Å². The molecule has 0 aliphatic carbocycles. The first-order chi connectivity index (χ1) is 2.89. The van der Waals surface area contributed by atoms with Gasteiger partial charge in [0.05, 0.1) is 0 Å². The van der Waals surface area contributed by atoms with Crippen molar-refractivity contribution in [1.82, 2.24) is 9.36 Å². The highest BCUT2D eigenvalue weighted by atomic mass is 32.1. The molecule has 0 aromatic carbocycles. The lowest BCUT2D eigenvalue weighted by Gasteiger charge is -1.62. The molecule has 2 nitrogen and oxygen atoms in total. The molecule has 31 valence electrons. The maximum Gasteiger partial charge on any atom is 0.142 e. The molecule has 1 aromatic heterocycles. The molecule has 3 heteroatoms. The smallest absolute Gasteiger partial charge is 0.142 e. The predicted octanol–water partition coefficient (Wildman–Crippen LogP) is 0.720. The Hall–Kier alpha value is -0.440. The molecular formula is C3H3N2S. The molecule has 0 atom stereocenters. The van der Waals surface area contributed by atoms with Gasteiger partial charge in [-0.1, -0.05) is 0 Å². The average molecular weight is 99.1 g/mol. The van der Waals surface area contributed by atoms with E-state index in [1.165, 1.54) is 11.5 Å². The summed E-state index contributed by atoms with van der Waals surface area (Å²) in [5, 5.41) is 0. The standard InChI is InChI=1S/C3H3N2S/c1-3-4-2-6-5-3/h2H,1H2. The van der Waals surface area contributed by atoms with Crippen molar-refractivity contribution in [3.05, 3.63) is 18.3 Å². The molecular weight excluding hydrogens is 96.1 g/mol. The third-order valence-corrected chi connectivity index (χ3v) is 0.923. The van der Waals surface area contributed by atoms with Gasteiger partial charge in [0.15, 0.2) is 0 Å². The van der Waals surface area contributed by atoms with E-state index in [9.17, 15) is 0 Å². The van der Waals surface area contributed by atoms with Gasteiger partial charge in [0.2, 0.25) is 0 Å². The normalized spacial score (nSPS) is 8.83. The van der Waals surface area contributed by atoms with Crippen LogP contribution in [0.4, 0.5) is 0 Å². The number of hydrogen-bond donors (Lipinski definition) is 0. The molecule has 0 spiro atoms. The molecule has 0 amide bonds. The third kappa shape index (κ3) is 0.542. The van der Waals surface area contributed by atoms with Crippen LogP contribution in [0.5, 0.6) is 0 Å². The average Bonchev–Trinajstić information content (AvgIpc) is 1.86. The maximum atomic E-state index is 3.74. The van der Waals surface area contributed by atoms with Crippen LogP contribution in [0.1, 0.15) is 5.82 Å². The van der Waals surface area contributed by atoms with E-state index >= 15 is 0 Å². The van der Waals surface area contributed by atoms with Gasteiger partial charge in [0.1, 0.15) is 11.3 Å². The van der Waals surface area contributed by atoms with Crippen molar-refractivity contribution in [2.24, 2.45) is 0 Å². The fourth-order valence-electron chi connectivity index (χ4n) is 0.192. The minimum absolute atomic E-state index is 0.611. The summed E-state index contributed by atoms with van der Waals surface area (Å²) in [6, 6.07) is 0. The van der Waals surface area contributed by atoms with Crippen LogP contribution >= 0.6 is 11.5 Å². The monoisotopic (exact) mass is 99.0 g/mol. The zero-order valence-corrected chi connectivity index (χ0v) is 3.90. The Bertz CT molecular complexity index is 112. The Morgan fingerprint density at radius 1 is 1.83 bits per heavy atom. The van der Waals surface area contributed by atoms with Crippen LogP contribution in [0.15, 0.2) is 5.51 Å². The largest absolute Gasteiger partial charge is 0.228 e. The molecule has 6 heavy (non-hydrogen) atoms. The van der Waals surface area contributed by atoms with E-state index in [0.29, 0.717) is 5.82 Å². The van der Waals surface area contributed by atoms with Crippen LogP contribution in [-0.4, -0.2) is 9.36 Å². The first kappa shape index (κ1) is 3.74. The van der Waals surface area contributed by atoms with Crippen molar-refractivity contribution in [3.8, 4) is 0 Å². The Morgan fingerprint density at radius 3 is 2.83 bits per heavy atom. The summed E-state index contributed by atoms with van der Waals surface area (Å²) in [4.78, 5) is 3.71. The fraction of sp³-hybridized carbons (Fsp3) is 0. The molecule has 0 saturated heterocycles. The Balaban J connectivity index is 3.05. The molecule has 1 radical (unpaired) electrons. The maximum absolute atomic E-state index is 3.74. The summed E-state index contributed by atoms with van der Waals surface area (Å²) >= 11 is 1.32. The summed E-state index contributed by atoms with van der Waals surface area (Å²) in [5.41, 5.74) is 1.66. The minimum Gasteiger partial charge on any atom is -0.228 e. The van der Waals surface area contributed by atoms with Crippen molar-refractivity contribution in [1.29, 1.82) is 0 Å². The first-order valence-corrected chi connectivity index (χ1v) is 2.31. The second kappa shape index (κ2) is 1.34. The molecule has 1 aromatic rings. The molecule has 0 aliphatic rings. The fourth-order valence-corrected chi connectivity index (χ4v) is 0.577. The van der Waals surface area contributed by atoms with E-state index in [2.05, 4.69) is 16.3 Å². The number of aromatic nitrogens is 2. The van der Waals surface area contributed by atoms with Gasteiger partial charge in [0, 0.05) is 6.92 Å². The van der Waals surface area contributed by atoms with Gasteiger partial charge in [-0.2, -0.15) is 4.37 Å². The Labute approximate surface area is 40.0 Å². The van der Waals surface area contributed by atoms with E-state index in [1.54, 1.807) is 5.51 Å². The molecule has 0 bridgehead atoms. The third-order valence-electron chi connectivity index (χ3n) is 0.407. The summed E-state index contributed by atoms with van der Waals surface area (Å²) < 4.78 is 3.74. The van der Waals surface area contributed by atoms with E-state index < -0.39 is 0 Å². The van der Waals surface area contributed by atoms with Crippen LogP contribution in [-0.2, 0) is 0 Å². The quantitative estimate of drug-likeness (QED) is 0.479. The zero-order valence-electron chi connectivity index (χ0n) is 3.09. The van der Waals surface area contributed by atoms with Crippen molar-refractivity contribution >= 4 is 11.5 Å². The summed E-state index contributed by atoms with van der Waals surface area (Å²) in [6.45, 7) is 3.47. The Kier molecular flexibility index (Phi) is 0.837. The van der Waals surface area contributed by atoms with Crippen LogP contribution in [0.25, 0.3) is 0 Å². The summed E-state index contributed by atoms with van der Waals surface area (Å²) in [7, 11) is 0. The van der Waals surface area contributed by atoms with Crippen LogP contribution in [0, 0.1) is 6.92 Å². The molecule has 0 aliphatic heterocycles. The van der Waals surface area contributed by atoms with Crippen molar-refractivity contribution in [3.63, 3.8) is 0 Å². The highest BCUT2D eigenvalue weighted by molar-refractivity contribution is 7.03. The molecule has 0 N–H and O–H groups in total. The SMILES string of the molecule is [CH2]c1ncsn1. The van der Waals surface area contributed by atoms with Crippen LogP contribution in [0.3, 0.4) is 0 Å². The van der Waals surface area contributed by atoms with Crippen LogP contribution < -0.4 is 0 Å². The van der Waals surface area contributed by atoms with Gasteiger partial charge < -0.3 is 0 Å². The summed E-state index contributed by atoms with van der Waals surface area (Å²) in [5.74, 6) is 0.611. The first-order valence-electron chi connectivity index (χ1n) is 1.48. The second-order valence-corrected chi connectivity index (χ2v) is 1.45. The zero-order chi connectivity index (χ0) is 4.41. The lowest BCUT2D eigenvalue weighted by Crippen LogP contribution is -1.66. The molecule has 0 fully saturated rings. The van der Waals surface area contributed by atoms with E-state index in [1.807, 2.05) is 0 Å². The van der Waals surface area contributed by atoms with Crippen molar-refractivity contribution in [2.75, 3.05) is 0 Å². The topological polar surface area (TPSA) is 25.8 Å². The lowest BCUT2D eigenvalue weighted by molar-refractivity contribution is 1.25. The Morgan fingerprint density at radius 2 is 2.67 bits per heavy atom. The van der Waals surface area contributed by atoms with Crippen molar-refractivity contribution in [2.45, 2.75) is 0 Å². The number of rotatable bonds is 0. The molecule has 1 rings (SSSR count). The van der Waals surface area contributed by atoms with Gasteiger partial charge >= 0.3 is 0 Å². The number of hydrogen-bond acceptors (Lipinski definition) is 3. The van der Waals surface area contributed by atoms with Crippen LogP contribution in [0.2, 0.25) is 0 Å². The lowest BCUT2D eigenvalue weighted by atomic mass is 10.8. The predicted molar refractivity (Wildman–Crippen MR) is 24.4 cm³/mol. The highest BCUT2D eigenvalue weighted by Crippen LogP contribution is 1.87. The summed E-state index contributed by atoms with van der Waals surface area (Å²) in [6.07, 6.45) is 0. The molecule has 0 unspecified atom stereocenters. The van der Waals surface area contributed by atoms with E-state index in [4.69, 9.17) is 0 Å².